The molecule has 0 radical (unpaired) electrons. The number of carbonyl (C=O) groups is 1. The Balaban J connectivity index is 1.96. The predicted molar refractivity (Wildman–Crippen MR) is 90.6 cm³/mol. The van der Waals surface area contributed by atoms with E-state index in [1.807, 2.05) is 44.2 Å². The van der Waals surface area contributed by atoms with E-state index in [1.165, 1.54) is 0 Å². The first-order chi connectivity index (χ1) is 10.9. The van der Waals surface area contributed by atoms with Crippen LogP contribution in [0.2, 0.25) is 0 Å². The van der Waals surface area contributed by atoms with Crippen LogP contribution in [0.1, 0.15) is 36.7 Å². The second-order valence-electron chi connectivity index (χ2n) is 6.01. The number of benzene rings is 2. The van der Waals surface area contributed by atoms with Crippen LogP contribution in [0.25, 0.3) is 0 Å². The number of hydrogen-bond acceptors (Lipinski definition) is 3. The molecule has 0 heterocycles. The van der Waals surface area contributed by atoms with E-state index in [1.54, 1.807) is 31.2 Å². The smallest absolute Gasteiger partial charge is 0.251 e. The summed E-state index contributed by atoms with van der Waals surface area (Å²) in [6, 6.07) is 16.2. The second kappa shape index (κ2) is 7.29. The normalized spacial score (nSPS) is 13.4. The molecule has 122 valence electrons. The molecule has 0 saturated carbocycles. The van der Waals surface area contributed by atoms with Gasteiger partial charge in [-0.15, -0.1) is 0 Å². The largest absolute Gasteiger partial charge is 0.491 e. The zero-order valence-corrected chi connectivity index (χ0v) is 13.7. The number of carbonyl (C=O) groups excluding carboxylic acids is 1. The number of amides is 1. The van der Waals surface area contributed by atoms with Gasteiger partial charge in [-0.25, -0.2) is 0 Å². The maximum atomic E-state index is 12.2. The van der Waals surface area contributed by atoms with E-state index in [2.05, 4.69) is 5.32 Å². The molecule has 2 aromatic carbocycles. The number of ether oxygens (including phenoxy) is 1. The van der Waals surface area contributed by atoms with Crippen molar-refractivity contribution in [3.05, 3.63) is 65.7 Å². The van der Waals surface area contributed by atoms with Crippen molar-refractivity contribution in [1.29, 1.82) is 0 Å². The minimum absolute atomic E-state index is 0.0932. The molecule has 0 aromatic heterocycles. The molecule has 0 fully saturated rings. The lowest BCUT2D eigenvalue weighted by molar-refractivity contribution is 0.0526. The van der Waals surface area contributed by atoms with Crippen molar-refractivity contribution in [2.75, 3.05) is 6.54 Å². The summed E-state index contributed by atoms with van der Waals surface area (Å²) in [4.78, 5) is 12.2. The standard InChI is InChI=1S/C19H23NO3/c1-14(2)23-17-11-9-15(10-12-17)18(21)20-13-19(3,22)16-7-5-4-6-8-16/h4-12,14,22H,13H2,1-3H3,(H,20,21)/t19-/m0/s1. The van der Waals surface area contributed by atoms with Crippen molar-refractivity contribution >= 4 is 5.91 Å². The molecule has 0 aliphatic heterocycles. The van der Waals surface area contributed by atoms with Crippen LogP contribution in [-0.2, 0) is 5.60 Å². The van der Waals surface area contributed by atoms with Gasteiger partial charge in [-0.2, -0.15) is 0 Å². The van der Waals surface area contributed by atoms with E-state index in [9.17, 15) is 9.90 Å². The van der Waals surface area contributed by atoms with Gasteiger partial charge in [0.2, 0.25) is 0 Å². The van der Waals surface area contributed by atoms with E-state index in [-0.39, 0.29) is 18.6 Å². The van der Waals surface area contributed by atoms with Gasteiger partial charge in [-0.1, -0.05) is 30.3 Å². The van der Waals surface area contributed by atoms with Gasteiger partial charge in [0.05, 0.1) is 12.6 Å². The van der Waals surface area contributed by atoms with Crippen LogP contribution in [0.15, 0.2) is 54.6 Å². The molecule has 2 rings (SSSR count). The van der Waals surface area contributed by atoms with Gasteiger partial charge in [0.1, 0.15) is 11.4 Å². The van der Waals surface area contributed by atoms with Crippen LogP contribution in [0, 0.1) is 0 Å². The molecule has 1 amide bonds. The van der Waals surface area contributed by atoms with Crippen LogP contribution in [0.5, 0.6) is 5.75 Å². The molecule has 0 unspecified atom stereocenters. The molecule has 0 saturated heterocycles. The molecule has 2 aromatic rings. The summed E-state index contributed by atoms with van der Waals surface area (Å²) in [5.41, 5.74) is 0.184. The number of nitrogens with one attached hydrogen (secondary N) is 1. The highest BCUT2D eigenvalue weighted by molar-refractivity contribution is 5.94. The molecule has 0 spiro atoms. The molecule has 0 bridgehead atoms. The third kappa shape index (κ3) is 4.83. The van der Waals surface area contributed by atoms with Gasteiger partial charge in [-0.3, -0.25) is 4.79 Å². The highest BCUT2D eigenvalue weighted by Gasteiger charge is 2.23. The van der Waals surface area contributed by atoms with Crippen LogP contribution < -0.4 is 10.1 Å². The van der Waals surface area contributed by atoms with Crippen LogP contribution in [-0.4, -0.2) is 23.7 Å². The first-order valence-electron chi connectivity index (χ1n) is 7.71. The summed E-state index contributed by atoms with van der Waals surface area (Å²) < 4.78 is 5.55. The fraction of sp³-hybridized carbons (Fsp3) is 0.316. The summed E-state index contributed by atoms with van der Waals surface area (Å²) in [7, 11) is 0. The van der Waals surface area contributed by atoms with E-state index in [0.29, 0.717) is 5.56 Å². The van der Waals surface area contributed by atoms with Crippen LogP contribution in [0.3, 0.4) is 0 Å². The summed E-state index contributed by atoms with van der Waals surface area (Å²) in [5, 5.41) is 13.3. The Morgan fingerprint density at radius 3 is 2.30 bits per heavy atom. The highest BCUT2D eigenvalue weighted by Crippen LogP contribution is 2.19. The summed E-state index contributed by atoms with van der Waals surface area (Å²) in [6.07, 6.45) is 0.0932. The fourth-order valence-electron chi connectivity index (χ4n) is 2.21. The lowest BCUT2D eigenvalue weighted by Gasteiger charge is -2.24. The molecule has 0 aliphatic carbocycles. The molecule has 2 N–H and O–H groups in total. The number of hydrogen-bond donors (Lipinski definition) is 2. The van der Waals surface area contributed by atoms with E-state index in [0.717, 1.165) is 11.3 Å². The zero-order valence-electron chi connectivity index (χ0n) is 13.7. The Bertz CT molecular complexity index is 633. The SMILES string of the molecule is CC(C)Oc1ccc(C(=O)NC[C@](C)(O)c2ccccc2)cc1. The van der Waals surface area contributed by atoms with Gasteiger partial charge in [0, 0.05) is 5.56 Å². The lowest BCUT2D eigenvalue weighted by Crippen LogP contribution is -2.38. The molecular formula is C19H23NO3. The minimum Gasteiger partial charge on any atom is -0.491 e. The van der Waals surface area contributed by atoms with Crippen molar-refractivity contribution in [2.24, 2.45) is 0 Å². The Kier molecular flexibility index (Phi) is 5.40. The Hall–Kier alpha value is -2.33. The average Bonchev–Trinajstić information content (AvgIpc) is 2.54. The monoisotopic (exact) mass is 313 g/mol. The van der Waals surface area contributed by atoms with Gasteiger partial charge in [0.15, 0.2) is 0 Å². The van der Waals surface area contributed by atoms with Gasteiger partial charge in [0.25, 0.3) is 5.91 Å². The second-order valence-corrected chi connectivity index (χ2v) is 6.01. The Morgan fingerprint density at radius 2 is 1.74 bits per heavy atom. The number of rotatable bonds is 6. The molecule has 1 atom stereocenters. The Labute approximate surface area is 137 Å². The average molecular weight is 313 g/mol. The van der Waals surface area contributed by atoms with Gasteiger partial charge >= 0.3 is 0 Å². The predicted octanol–water partition coefficient (Wildman–Crippen LogP) is 3.11. The van der Waals surface area contributed by atoms with E-state index in [4.69, 9.17) is 4.74 Å². The van der Waals surface area contributed by atoms with E-state index >= 15 is 0 Å². The topological polar surface area (TPSA) is 58.6 Å². The maximum Gasteiger partial charge on any atom is 0.251 e. The molecular weight excluding hydrogens is 290 g/mol. The maximum absolute atomic E-state index is 12.2. The highest BCUT2D eigenvalue weighted by atomic mass is 16.5. The molecule has 4 nitrogen and oxygen atoms in total. The summed E-state index contributed by atoms with van der Waals surface area (Å²) >= 11 is 0. The van der Waals surface area contributed by atoms with Crippen molar-refractivity contribution in [3.63, 3.8) is 0 Å². The van der Waals surface area contributed by atoms with Crippen LogP contribution >= 0.6 is 0 Å². The summed E-state index contributed by atoms with van der Waals surface area (Å²) in [6.45, 7) is 5.72. The van der Waals surface area contributed by atoms with Crippen LogP contribution in [0.4, 0.5) is 0 Å². The minimum atomic E-state index is -1.11. The first-order valence-corrected chi connectivity index (χ1v) is 7.71. The quantitative estimate of drug-likeness (QED) is 0.861. The third-order valence-corrected chi connectivity index (χ3v) is 3.48. The first kappa shape index (κ1) is 17.0. The Morgan fingerprint density at radius 1 is 1.13 bits per heavy atom. The molecule has 4 heteroatoms. The molecule has 0 aliphatic rings. The van der Waals surface area contributed by atoms with Crippen molar-refractivity contribution in [2.45, 2.75) is 32.5 Å². The van der Waals surface area contributed by atoms with Crippen molar-refractivity contribution in [1.82, 2.24) is 5.32 Å². The van der Waals surface area contributed by atoms with Gasteiger partial charge in [-0.05, 0) is 50.6 Å². The van der Waals surface area contributed by atoms with E-state index < -0.39 is 5.60 Å². The van der Waals surface area contributed by atoms with Gasteiger partial charge < -0.3 is 15.2 Å². The number of aliphatic hydroxyl groups is 1. The summed E-state index contributed by atoms with van der Waals surface area (Å²) in [5.74, 6) is 0.505. The zero-order chi connectivity index (χ0) is 16.9. The third-order valence-electron chi connectivity index (χ3n) is 3.48. The van der Waals surface area contributed by atoms with Crippen molar-refractivity contribution < 1.29 is 14.6 Å². The molecule has 23 heavy (non-hydrogen) atoms. The van der Waals surface area contributed by atoms with Crippen molar-refractivity contribution in [3.8, 4) is 5.75 Å². The lowest BCUT2D eigenvalue weighted by atomic mass is 9.96. The fourth-order valence-corrected chi connectivity index (χ4v) is 2.21.